The van der Waals surface area contributed by atoms with Gasteiger partial charge in [-0.05, 0) is 13.0 Å². The summed E-state index contributed by atoms with van der Waals surface area (Å²) >= 11 is 5.69. The highest BCUT2D eigenvalue weighted by molar-refractivity contribution is 6.32. The highest BCUT2D eigenvalue weighted by atomic mass is 35.5. The van der Waals surface area contributed by atoms with Crippen molar-refractivity contribution >= 4 is 23.4 Å². The Hall–Kier alpha value is -1.36. The highest BCUT2D eigenvalue weighted by Crippen LogP contribution is 2.20. The van der Waals surface area contributed by atoms with E-state index in [4.69, 9.17) is 11.6 Å². The molecule has 0 saturated carbocycles. The normalized spacial score (nSPS) is 9.06. The molecule has 0 aliphatic rings. The molecule has 0 bridgehead atoms. The van der Waals surface area contributed by atoms with Crippen molar-refractivity contribution in [2.45, 2.75) is 20.8 Å². The average molecular weight is 263 g/mol. The largest absolute Gasteiger partial charge is 0.465 e. The number of hydrogen-bond donors (Lipinski definition) is 1. The summed E-state index contributed by atoms with van der Waals surface area (Å²) in [6.07, 6.45) is 0. The summed E-state index contributed by atoms with van der Waals surface area (Å²) in [6.45, 7) is 6.31. The Balaban J connectivity index is 0.00000121. The lowest BCUT2D eigenvalue weighted by molar-refractivity contribution is 0.0600. The second kappa shape index (κ2) is 7.84. The molecule has 0 amide bonds. The van der Waals surface area contributed by atoms with E-state index in [0.29, 0.717) is 6.54 Å². The molecule has 1 aromatic rings. The molecule has 6 heteroatoms. The predicted molar refractivity (Wildman–Crippen MR) is 66.1 cm³/mol. The first-order valence-electron chi connectivity index (χ1n) is 5.28. The fourth-order valence-corrected chi connectivity index (χ4v) is 1.23. The zero-order chi connectivity index (χ0) is 13.4. The number of aromatic nitrogens is 1. The van der Waals surface area contributed by atoms with Gasteiger partial charge >= 0.3 is 5.97 Å². The van der Waals surface area contributed by atoms with Gasteiger partial charge in [0, 0.05) is 6.54 Å². The van der Waals surface area contributed by atoms with E-state index in [0.717, 1.165) is 6.07 Å². The molecular formula is C11H16ClFN2O2. The molecule has 0 atom stereocenters. The van der Waals surface area contributed by atoms with E-state index >= 15 is 0 Å². The van der Waals surface area contributed by atoms with Crippen LogP contribution in [-0.4, -0.2) is 24.6 Å². The molecule has 0 aliphatic carbocycles. The van der Waals surface area contributed by atoms with Crippen LogP contribution in [0.4, 0.5) is 10.2 Å². The Kier molecular flexibility index (Phi) is 7.21. The number of ether oxygens (including phenoxy) is 1. The Morgan fingerprint density at radius 1 is 1.59 bits per heavy atom. The van der Waals surface area contributed by atoms with Gasteiger partial charge in [0.15, 0.2) is 11.6 Å². The molecule has 0 spiro atoms. The number of carbonyl (C=O) groups is 1. The van der Waals surface area contributed by atoms with Gasteiger partial charge in [-0.15, -0.1) is 0 Å². The number of methoxy groups -OCH3 is 1. The van der Waals surface area contributed by atoms with Crippen molar-refractivity contribution in [1.29, 1.82) is 0 Å². The van der Waals surface area contributed by atoms with Crippen molar-refractivity contribution in [2.75, 3.05) is 19.0 Å². The molecule has 0 radical (unpaired) electrons. The second-order valence-electron chi connectivity index (χ2n) is 2.68. The Morgan fingerprint density at radius 2 is 2.18 bits per heavy atom. The minimum atomic E-state index is -0.713. The Bertz CT molecular complexity index is 386. The number of nitrogens with zero attached hydrogens (tertiary/aromatic N) is 1. The van der Waals surface area contributed by atoms with Crippen LogP contribution in [-0.2, 0) is 4.74 Å². The summed E-state index contributed by atoms with van der Waals surface area (Å²) in [5.74, 6) is -1.33. The van der Waals surface area contributed by atoms with Crippen LogP contribution >= 0.6 is 11.6 Å². The second-order valence-corrected chi connectivity index (χ2v) is 3.04. The molecular weight excluding hydrogens is 247 g/mol. The van der Waals surface area contributed by atoms with E-state index in [9.17, 15) is 9.18 Å². The molecule has 0 aliphatic heterocycles. The van der Waals surface area contributed by atoms with Crippen molar-refractivity contribution in [3.05, 3.63) is 22.6 Å². The molecule has 1 aromatic heterocycles. The predicted octanol–water partition coefficient (Wildman–Crippen LogP) is 3.12. The van der Waals surface area contributed by atoms with E-state index in [2.05, 4.69) is 15.0 Å². The van der Waals surface area contributed by atoms with E-state index in [1.54, 1.807) is 6.92 Å². The maximum Gasteiger partial charge on any atom is 0.341 e. The van der Waals surface area contributed by atoms with Crippen LogP contribution < -0.4 is 5.32 Å². The molecule has 1 heterocycles. The Morgan fingerprint density at radius 3 is 2.65 bits per heavy atom. The number of nitrogens with one attached hydrogen (secondary N) is 1. The fourth-order valence-electron chi connectivity index (χ4n) is 1.01. The molecule has 4 nitrogen and oxygen atoms in total. The van der Waals surface area contributed by atoms with Crippen molar-refractivity contribution in [1.82, 2.24) is 4.98 Å². The summed E-state index contributed by atoms with van der Waals surface area (Å²) in [7, 11) is 1.19. The van der Waals surface area contributed by atoms with Crippen molar-refractivity contribution < 1.29 is 13.9 Å². The number of halogens is 2. The van der Waals surface area contributed by atoms with Crippen molar-refractivity contribution in [2.24, 2.45) is 0 Å². The van der Waals surface area contributed by atoms with Crippen molar-refractivity contribution in [3.63, 3.8) is 0 Å². The summed E-state index contributed by atoms with van der Waals surface area (Å²) in [5, 5.41) is 2.59. The highest BCUT2D eigenvalue weighted by Gasteiger charge is 2.16. The van der Waals surface area contributed by atoms with E-state index < -0.39 is 11.8 Å². The van der Waals surface area contributed by atoms with Gasteiger partial charge in [0.2, 0.25) is 0 Å². The number of hydrogen-bond acceptors (Lipinski definition) is 4. The zero-order valence-electron chi connectivity index (χ0n) is 10.3. The molecule has 1 rings (SSSR count). The van der Waals surface area contributed by atoms with Gasteiger partial charge in [0.25, 0.3) is 0 Å². The first-order valence-corrected chi connectivity index (χ1v) is 5.66. The summed E-state index contributed by atoms with van der Waals surface area (Å²) in [5.41, 5.74) is -0.0849. The van der Waals surface area contributed by atoms with Crippen LogP contribution in [0.3, 0.4) is 0 Å². The molecule has 0 fully saturated rings. The van der Waals surface area contributed by atoms with Crippen LogP contribution in [0.25, 0.3) is 0 Å². The minimum Gasteiger partial charge on any atom is -0.465 e. The third kappa shape index (κ3) is 4.19. The fraction of sp³-hybridized carbons (Fsp3) is 0.455. The monoisotopic (exact) mass is 262 g/mol. The van der Waals surface area contributed by atoms with Crippen molar-refractivity contribution in [3.8, 4) is 0 Å². The lowest BCUT2D eigenvalue weighted by atomic mass is 10.3. The van der Waals surface area contributed by atoms with Gasteiger partial charge in [-0.1, -0.05) is 25.4 Å². The molecule has 96 valence electrons. The van der Waals surface area contributed by atoms with E-state index in [-0.39, 0.29) is 16.5 Å². The topological polar surface area (TPSA) is 51.2 Å². The standard InChI is InChI=1S/C9H10ClFN2O2.C2H6/c1-3-12-8-6(11)4-5(7(10)13-8)9(14)15-2;1-2/h4H,3H2,1-2H3,(H,12,13);1-2H3. The van der Waals surface area contributed by atoms with E-state index in [1.165, 1.54) is 7.11 Å². The van der Waals surface area contributed by atoms with Gasteiger partial charge in [-0.2, -0.15) is 0 Å². The summed E-state index contributed by atoms with van der Waals surface area (Å²) in [4.78, 5) is 14.8. The van der Waals surface area contributed by atoms with Crippen LogP contribution in [0, 0.1) is 5.82 Å². The summed E-state index contributed by atoms with van der Waals surface area (Å²) in [6, 6.07) is 0.999. The van der Waals surface area contributed by atoms with Gasteiger partial charge < -0.3 is 10.1 Å². The van der Waals surface area contributed by atoms with Gasteiger partial charge in [-0.25, -0.2) is 14.2 Å². The molecule has 0 unspecified atom stereocenters. The van der Waals surface area contributed by atoms with Gasteiger partial charge in [0.1, 0.15) is 10.7 Å². The molecule has 17 heavy (non-hydrogen) atoms. The van der Waals surface area contributed by atoms with Gasteiger partial charge in [0.05, 0.1) is 7.11 Å². The lowest BCUT2D eigenvalue weighted by Crippen LogP contribution is -2.08. The Labute approximate surface area is 105 Å². The molecule has 1 N–H and O–H groups in total. The first-order chi connectivity index (χ1) is 8.10. The molecule has 0 saturated heterocycles. The maximum absolute atomic E-state index is 13.3. The summed E-state index contributed by atoms with van der Waals surface area (Å²) < 4.78 is 17.7. The number of rotatable bonds is 3. The van der Waals surface area contributed by atoms with Crippen LogP contribution in [0.2, 0.25) is 5.15 Å². The first kappa shape index (κ1) is 15.6. The maximum atomic E-state index is 13.3. The van der Waals surface area contributed by atoms with E-state index in [1.807, 2.05) is 13.8 Å². The number of esters is 1. The SMILES string of the molecule is CC.CCNc1nc(Cl)c(C(=O)OC)cc1F. The quantitative estimate of drug-likeness (QED) is 0.672. The molecule has 0 aromatic carbocycles. The smallest absolute Gasteiger partial charge is 0.341 e. The van der Waals surface area contributed by atoms with Crippen LogP contribution in [0.1, 0.15) is 31.1 Å². The average Bonchev–Trinajstić information content (AvgIpc) is 2.35. The zero-order valence-corrected chi connectivity index (χ0v) is 11.1. The van der Waals surface area contributed by atoms with Gasteiger partial charge in [-0.3, -0.25) is 0 Å². The third-order valence-electron chi connectivity index (χ3n) is 1.68. The lowest BCUT2D eigenvalue weighted by Gasteiger charge is -2.07. The minimum absolute atomic E-state index is 0.0233. The number of carbonyl (C=O) groups excluding carboxylic acids is 1. The third-order valence-corrected chi connectivity index (χ3v) is 1.97. The van der Waals surface area contributed by atoms with Crippen LogP contribution in [0.15, 0.2) is 6.07 Å². The number of anilines is 1. The number of pyridine rings is 1. The van der Waals surface area contributed by atoms with Crippen LogP contribution in [0.5, 0.6) is 0 Å².